The Labute approximate surface area is 169 Å². The van der Waals surface area contributed by atoms with Crippen LogP contribution in [-0.4, -0.2) is 32.5 Å². The number of nitrogens with one attached hydrogen (secondary N) is 2. The highest BCUT2D eigenvalue weighted by Crippen LogP contribution is 2.56. The Morgan fingerprint density at radius 3 is 2.59 bits per heavy atom. The van der Waals surface area contributed by atoms with Crippen molar-refractivity contribution in [2.75, 3.05) is 5.32 Å². The molecule has 5 heteroatoms. The average molecular weight is 387 g/mol. The second-order valence-electron chi connectivity index (χ2n) is 9.35. The molecule has 2 aromatic heterocycles. The van der Waals surface area contributed by atoms with Gasteiger partial charge in [0.25, 0.3) is 0 Å². The summed E-state index contributed by atoms with van der Waals surface area (Å²) in [6.07, 6.45) is 8.66. The Bertz CT molecular complexity index is 1070. The minimum atomic E-state index is -0.459. The third-order valence-corrected chi connectivity index (χ3v) is 7.42. The van der Waals surface area contributed by atoms with E-state index in [0.29, 0.717) is 34.9 Å². The van der Waals surface area contributed by atoms with Gasteiger partial charge in [0.1, 0.15) is 5.65 Å². The highest BCUT2D eigenvalue weighted by atomic mass is 16.3. The van der Waals surface area contributed by atoms with E-state index in [0.717, 1.165) is 36.0 Å². The molecule has 4 fully saturated rings. The van der Waals surface area contributed by atoms with E-state index in [1.54, 1.807) is 6.20 Å². The maximum atomic E-state index is 13.3. The van der Waals surface area contributed by atoms with Crippen molar-refractivity contribution in [3.8, 4) is 0 Å². The second-order valence-corrected chi connectivity index (χ2v) is 9.35. The van der Waals surface area contributed by atoms with E-state index < -0.39 is 5.60 Å². The molecule has 148 valence electrons. The zero-order chi connectivity index (χ0) is 19.6. The number of benzene rings is 1. The van der Waals surface area contributed by atoms with E-state index in [1.807, 2.05) is 42.6 Å². The average Bonchev–Trinajstić information content (AvgIpc) is 3.19. The minimum Gasteiger partial charge on any atom is -0.390 e. The van der Waals surface area contributed by atoms with Crippen LogP contribution in [0.4, 0.5) is 5.69 Å². The number of aromatic amines is 1. The Balaban J connectivity index is 1.41. The molecule has 4 bridgehead atoms. The molecule has 2 unspecified atom stereocenters. The topological polar surface area (TPSA) is 78.0 Å². The summed E-state index contributed by atoms with van der Waals surface area (Å²) in [5.41, 5.74) is 2.51. The van der Waals surface area contributed by atoms with Gasteiger partial charge in [-0.05, 0) is 55.9 Å². The van der Waals surface area contributed by atoms with Crippen molar-refractivity contribution >= 4 is 22.5 Å². The quantitative estimate of drug-likeness (QED) is 0.588. The van der Waals surface area contributed by atoms with Crippen LogP contribution in [0.2, 0.25) is 0 Å². The molecular formula is C24H25N3O2. The molecule has 3 aromatic rings. The molecule has 7 rings (SSSR count). The van der Waals surface area contributed by atoms with E-state index >= 15 is 0 Å². The van der Waals surface area contributed by atoms with Crippen LogP contribution < -0.4 is 5.32 Å². The van der Waals surface area contributed by atoms with Crippen molar-refractivity contribution in [3.05, 3.63) is 59.9 Å². The van der Waals surface area contributed by atoms with Gasteiger partial charge in [-0.2, -0.15) is 0 Å². The van der Waals surface area contributed by atoms with Gasteiger partial charge in [0.05, 0.1) is 16.9 Å². The number of hydrogen-bond acceptors (Lipinski definition) is 4. The van der Waals surface area contributed by atoms with Crippen molar-refractivity contribution in [2.24, 2.45) is 17.8 Å². The van der Waals surface area contributed by atoms with Crippen molar-refractivity contribution in [3.63, 3.8) is 0 Å². The zero-order valence-electron chi connectivity index (χ0n) is 16.3. The summed E-state index contributed by atoms with van der Waals surface area (Å²) >= 11 is 0. The highest BCUT2D eigenvalue weighted by molar-refractivity contribution is 6.15. The van der Waals surface area contributed by atoms with Crippen molar-refractivity contribution in [2.45, 2.75) is 43.7 Å². The molecule has 0 amide bonds. The molecule has 1 aromatic carbocycles. The lowest BCUT2D eigenvalue weighted by Gasteiger charge is -2.58. The largest absolute Gasteiger partial charge is 0.390 e. The normalized spacial score (nSPS) is 32.6. The zero-order valence-corrected chi connectivity index (χ0v) is 16.3. The molecule has 4 aliphatic rings. The van der Waals surface area contributed by atoms with Crippen molar-refractivity contribution in [1.29, 1.82) is 0 Å². The second kappa shape index (κ2) is 6.17. The number of rotatable bonds is 4. The maximum Gasteiger partial charge on any atom is 0.196 e. The maximum absolute atomic E-state index is 13.3. The number of ketones is 1. The van der Waals surface area contributed by atoms with Crippen LogP contribution >= 0.6 is 0 Å². The van der Waals surface area contributed by atoms with E-state index in [9.17, 15) is 9.90 Å². The van der Waals surface area contributed by atoms with Crippen LogP contribution in [0.3, 0.4) is 0 Å². The molecule has 0 saturated heterocycles. The number of fused-ring (bicyclic) bond motifs is 1. The lowest BCUT2D eigenvalue weighted by Crippen LogP contribution is -2.59. The Hall–Kier alpha value is -2.66. The number of pyridine rings is 1. The number of carbonyl (C=O) groups excluding carboxylic acids is 1. The van der Waals surface area contributed by atoms with Gasteiger partial charge in [0.15, 0.2) is 5.78 Å². The molecule has 0 radical (unpaired) electrons. The number of aromatic nitrogens is 2. The van der Waals surface area contributed by atoms with Crippen LogP contribution in [-0.2, 0) is 0 Å². The van der Waals surface area contributed by atoms with Gasteiger partial charge in [0, 0.05) is 29.4 Å². The fourth-order valence-electron chi connectivity index (χ4n) is 6.46. The number of nitrogens with zero attached hydrogens (tertiary/aromatic N) is 1. The van der Waals surface area contributed by atoms with Gasteiger partial charge in [-0.3, -0.25) is 4.79 Å². The first-order valence-corrected chi connectivity index (χ1v) is 10.6. The van der Waals surface area contributed by atoms with Gasteiger partial charge in [-0.1, -0.05) is 30.3 Å². The summed E-state index contributed by atoms with van der Waals surface area (Å²) in [5, 5.41) is 15.7. The van der Waals surface area contributed by atoms with Crippen LogP contribution in [0.15, 0.2) is 48.8 Å². The minimum absolute atomic E-state index is 0.00820. The molecule has 3 N–H and O–H groups in total. The fraction of sp³-hybridized carbons (Fsp3) is 0.417. The standard InChI is InChI=1S/C24H25N3O2/c28-22(15-4-2-1-3-5-15)19-13-26-23-18(6-7-25-23)21(19)27-20-16-8-14-9-17(20)12-24(29,10-14)11-16/h1-7,13-14,16-17,20,29H,8-12H2,(H2,25,26,27)/t14?,16?,17?,20-,24+. The first-order valence-electron chi connectivity index (χ1n) is 10.6. The first-order chi connectivity index (χ1) is 14.1. The molecule has 29 heavy (non-hydrogen) atoms. The Morgan fingerprint density at radius 2 is 1.86 bits per heavy atom. The van der Waals surface area contributed by atoms with Gasteiger partial charge >= 0.3 is 0 Å². The predicted octanol–water partition coefficient (Wildman–Crippen LogP) is 4.15. The van der Waals surface area contributed by atoms with Gasteiger partial charge in [-0.25, -0.2) is 4.98 Å². The predicted molar refractivity (Wildman–Crippen MR) is 112 cm³/mol. The molecule has 0 aliphatic heterocycles. The molecule has 0 spiro atoms. The summed E-state index contributed by atoms with van der Waals surface area (Å²) in [7, 11) is 0. The Morgan fingerprint density at radius 1 is 1.10 bits per heavy atom. The molecule has 4 saturated carbocycles. The van der Waals surface area contributed by atoms with E-state index in [4.69, 9.17) is 0 Å². The lowest BCUT2D eigenvalue weighted by molar-refractivity contribution is -0.129. The highest BCUT2D eigenvalue weighted by Gasteiger charge is 2.54. The number of hydrogen-bond donors (Lipinski definition) is 3. The van der Waals surface area contributed by atoms with Crippen LogP contribution in [0, 0.1) is 17.8 Å². The molecule has 2 atom stereocenters. The van der Waals surface area contributed by atoms with E-state index in [2.05, 4.69) is 15.3 Å². The summed E-state index contributed by atoms with van der Waals surface area (Å²) in [4.78, 5) is 21.0. The summed E-state index contributed by atoms with van der Waals surface area (Å²) in [6.45, 7) is 0. The molecule has 2 heterocycles. The molecule has 5 nitrogen and oxygen atoms in total. The van der Waals surface area contributed by atoms with Crippen molar-refractivity contribution in [1.82, 2.24) is 9.97 Å². The smallest absolute Gasteiger partial charge is 0.196 e. The van der Waals surface area contributed by atoms with Crippen LogP contribution in [0.5, 0.6) is 0 Å². The van der Waals surface area contributed by atoms with Gasteiger partial charge in [0.2, 0.25) is 0 Å². The van der Waals surface area contributed by atoms with Crippen molar-refractivity contribution < 1.29 is 9.90 Å². The SMILES string of the molecule is O=C(c1ccccc1)c1cnc2[nH]ccc2c1N[C@H]1C2CC3CC1C[C@@](O)(C3)C2. The van der Waals surface area contributed by atoms with Crippen LogP contribution in [0.1, 0.15) is 48.0 Å². The number of aliphatic hydroxyl groups is 1. The van der Waals surface area contributed by atoms with Crippen LogP contribution in [0.25, 0.3) is 11.0 Å². The van der Waals surface area contributed by atoms with E-state index in [-0.39, 0.29) is 5.78 Å². The third-order valence-electron chi connectivity index (χ3n) is 7.42. The summed E-state index contributed by atoms with van der Waals surface area (Å²) in [6, 6.07) is 11.7. The van der Waals surface area contributed by atoms with E-state index in [1.165, 1.54) is 12.8 Å². The van der Waals surface area contributed by atoms with Gasteiger partial charge < -0.3 is 15.4 Å². The molecular weight excluding hydrogens is 362 g/mol. The third kappa shape index (κ3) is 2.71. The monoisotopic (exact) mass is 387 g/mol. The number of anilines is 1. The lowest BCUT2D eigenvalue weighted by atomic mass is 9.52. The number of carbonyl (C=O) groups is 1. The summed E-state index contributed by atoms with van der Waals surface area (Å²) in [5.74, 6) is 1.58. The summed E-state index contributed by atoms with van der Waals surface area (Å²) < 4.78 is 0. The van der Waals surface area contributed by atoms with Gasteiger partial charge in [-0.15, -0.1) is 0 Å². The number of H-pyrrole nitrogens is 1. The first kappa shape index (κ1) is 17.2. The molecule has 4 aliphatic carbocycles. The Kier molecular flexibility index (Phi) is 3.66. The fourth-order valence-corrected chi connectivity index (χ4v) is 6.46.